The van der Waals surface area contributed by atoms with Crippen molar-refractivity contribution in [3.63, 3.8) is 0 Å². The van der Waals surface area contributed by atoms with E-state index in [9.17, 15) is 4.79 Å². The van der Waals surface area contributed by atoms with Crippen LogP contribution in [0, 0.1) is 0 Å². The van der Waals surface area contributed by atoms with E-state index in [1.165, 1.54) is 7.11 Å². The van der Waals surface area contributed by atoms with Gasteiger partial charge in [0.05, 0.1) is 7.11 Å². The molecule has 0 unspecified atom stereocenters. The van der Waals surface area contributed by atoms with Gasteiger partial charge < -0.3 is 19.5 Å². The average Bonchev–Trinajstić information content (AvgIpc) is 2.95. The first-order valence-corrected chi connectivity index (χ1v) is 5.98. The van der Waals surface area contributed by atoms with Crippen LogP contribution in [0.25, 0.3) is 0 Å². The van der Waals surface area contributed by atoms with Gasteiger partial charge in [-0.3, -0.25) is 4.79 Å². The van der Waals surface area contributed by atoms with Gasteiger partial charge >= 0.3 is 0 Å². The molecule has 3 rings (SSSR count). The van der Waals surface area contributed by atoms with Gasteiger partial charge in [0, 0.05) is 11.8 Å². The third-order valence-electron chi connectivity index (χ3n) is 2.86. The molecule has 1 amide bonds. The van der Waals surface area contributed by atoms with Crippen molar-refractivity contribution >= 4 is 11.7 Å². The fraction of sp³-hybridized carbons (Fsp3) is 0.143. The molecule has 0 bridgehead atoms. The highest BCUT2D eigenvalue weighted by Crippen LogP contribution is 2.32. The van der Waals surface area contributed by atoms with Crippen molar-refractivity contribution in [1.29, 1.82) is 0 Å². The van der Waals surface area contributed by atoms with Crippen molar-refractivity contribution in [2.45, 2.75) is 0 Å². The molecule has 2 aromatic rings. The minimum Gasteiger partial charge on any atom is -0.493 e. The van der Waals surface area contributed by atoms with E-state index >= 15 is 0 Å². The second-order valence-electron chi connectivity index (χ2n) is 4.08. The summed E-state index contributed by atoms with van der Waals surface area (Å²) in [5.74, 6) is 1.78. The molecule has 0 radical (unpaired) electrons. The fourth-order valence-electron chi connectivity index (χ4n) is 1.87. The number of nitrogens with one attached hydrogen (secondary N) is 1. The number of nitrogens with zero attached hydrogens (tertiary/aromatic N) is 1. The van der Waals surface area contributed by atoms with Crippen LogP contribution in [0.2, 0.25) is 0 Å². The summed E-state index contributed by atoms with van der Waals surface area (Å²) in [7, 11) is 1.52. The monoisotopic (exact) mass is 272 g/mol. The van der Waals surface area contributed by atoms with Gasteiger partial charge in [0.25, 0.3) is 5.91 Å². The lowest BCUT2D eigenvalue weighted by atomic mass is 10.2. The molecule has 1 aromatic carbocycles. The van der Waals surface area contributed by atoms with Crippen molar-refractivity contribution in [2.24, 2.45) is 0 Å². The zero-order valence-corrected chi connectivity index (χ0v) is 10.8. The van der Waals surface area contributed by atoms with Crippen LogP contribution in [0.1, 0.15) is 10.4 Å². The Bertz CT molecular complexity index is 657. The number of amides is 1. The molecule has 0 atom stereocenters. The maximum absolute atomic E-state index is 12.2. The summed E-state index contributed by atoms with van der Waals surface area (Å²) in [6.07, 6.45) is 1.58. The lowest BCUT2D eigenvalue weighted by Crippen LogP contribution is -2.13. The second kappa shape index (κ2) is 5.08. The minimum atomic E-state index is -0.291. The standard InChI is InChI=1S/C14H12N2O4/c1-18-11-3-2-6-15-13(11)16-14(17)9-4-5-10-12(7-9)20-8-19-10/h2-7H,8H2,1H3,(H,15,16,17). The Kier molecular flexibility index (Phi) is 3.12. The van der Waals surface area contributed by atoms with Crippen LogP contribution >= 0.6 is 0 Å². The van der Waals surface area contributed by atoms with Gasteiger partial charge in [-0.05, 0) is 30.3 Å². The highest BCUT2D eigenvalue weighted by molar-refractivity contribution is 6.04. The van der Waals surface area contributed by atoms with Crippen molar-refractivity contribution in [3.8, 4) is 17.2 Å². The topological polar surface area (TPSA) is 69.7 Å². The summed E-state index contributed by atoms with van der Waals surface area (Å²) in [4.78, 5) is 16.3. The molecule has 102 valence electrons. The summed E-state index contributed by atoms with van der Waals surface area (Å²) in [6.45, 7) is 0.175. The largest absolute Gasteiger partial charge is 0.493 e. The highest BCUT2D eigenvalue weighted by atomic mass is 16.7. The van der Waals surface area contributed by atoms with Gasteiger partial charge in [-0.1, -0.05) is 0 Å². The highest BCUT2D eigenvalue weighted by Gasteiger charge is 2.17. The minimum absolute atomic E-state index is 0.175. The Hall–Kier alpha value is -2.76. The molecule has 0 fully saturated rings. The summed E-state index contributed by atoms with van der Waals surface area (Å²) in [5, 5.41) is 2.70. The number of hydrogen-bond acceptors (Lipinski definition) is 5. The summed E-state index contributed by atoms with van der Waals surface area (Å²) < 4.78 is 15.6. The number of hydrogen-bond donors (Lipinski definition) is 1. The molecule has 0 saturated carbocycles. The number of ether oxygens (including phenoxy) is 3. The molecular formula is C14H12N2O4. The van der Waals surface area contributed by atoms with E-state index in [1.54, 1.807) is 36.5 Å². The first-order chi connectivity index (χ1) is 9.78. The molecule has 2 heterocycles. The maximum atomic E-state index is 12.2. The van der Waals surface area contributed by atoms with E-state index in [4.69, 9.17) is 14.2 Å². The Labute approximate surface area is 115 Å². The van der Waals surface area contributed by atoms with Gasteiger partial charge in [-0.15, -0.1) is 0 Å². The molecule has 1 aliphatic heterocycles. The quantitative estimate of drug-likeness (QED) is 0.926. The van der Waals surface area contributed by atoms with Gasteiger partial charge in [-0.2, -0.15) is 0 Å². The third-order valence-corrected chi connectivity index (χ3v) is 2.86. The summed E-state index contributed by atoms with van der Waals surface area (Å²) in [6, 6.07) is 8.45. The van der Waals surface area contributed by atoms with E-state index in [0.29, 0.717) is 28.6 Å². The van der Waals surface area contributed by atoms with Crippen LogP contribution in [-0.2, 0) is 0 Å². The molecule has 0 saturated heterocycles. The Morgan fingerprint density at radius 1 is 1.30 bits per heavy atom. The summed E-state index contributed by atoms with van der Waals surface area (Å²) in [5.41, 5.74) is 0.460. The molecule has 1 aromatic heterocycles. The summed E-state index contributed by atoms with van der Waals surface area (Å²) >= 11 is 0. The predicted octanol–water partition coefficient (Wildman–Crippen LogP) is 2.07. The van der Waals surface area contributed by atoms with E-state index < -0.39 is 0 Å². The van der Waals surface area contributed by atoms with Crippen LogP contribution in [0.5, 0.6) is 17.2 Å². The van der Waals surface area contributed by atoms with Crippen LogP contribution in [-0.4, -0.2) is 24.8 Å². The first kappa shape index (κ1) is 12.3. The van der Waals surface area contributed by atoms with Gasteiger partial charge in [0.15, 0.2) is 23.1 Å². The maximum Gasteiger partial charge on any atom is 0.257 e. The van der Waals surface area contributed by atoms with E-state index in [-0.39, 0.29) is 12.7 Å². The van der Waals surface area contributed by atoms with E-state index in [2.05, 4.69) is 10.3 Å². The van der Waals surface area contributed by atoms with Crippen LogP contribution in [0.3, 0.4) is 0 Å². The van der Waals surface area contributed by atoms with Crippen molar-refractivity contribution in [1.82, 2.24) is 4.98 Å². The zero-order valence-electron chi connectivity index (χ0n) is 10.8. The number of carbonyl (C=O) groups excluding carboxylic acids is 1. The zero-order chi connectivity index (χ0) is 13.9. The fourth-order valence-corrected chi connectivity index (χ4v) is 1.87. The number of methoxy groups -OCH3 is 1. The first-order valence-electron chi connectivity index (χ1n) is 5.98. The molecule has 0 spiro atoms. The molecule has 6 nitrogen and oxygen atoms in total. The predicted molar refractivity (Wildman–Crippen MR) is 71.3 cm³/mol. The molecule has 1 N–H and O–H groups in total. The average molecular weight is 272 g/mol. The lowest BCUT2D eigenvalue weighted by Gasteiger charge is -2.08. The van der Waals surface area contributed by atoms with Crippen LogP contribution in [0.4, 0.5) is 5.82 Å². The second-order valence-corrected chi connectivity index (χ2v) is 4.08. The number of aromatic nitrogens is 1. The number of pyridine rings is 1. The number of rotatable bonds is 3. The SMILES string of the molecule is COc1cccnc1NC(=O)c1ccc2c(c1)OCO2. The molecule has 20 heavy (non-hydrogen) atoms. The Morgan fingerprint density at radius 2 is 2.15 bits per heavy atom. The smallest absolute Gasteiger partial charge is 0.257 e. The van der Waals surface area contributed by atoms with Gasteiger partial charge in [-0.25, -0.2) is 4.98 Å². The molecule has 1 aliphatic rings. The van der Waals surface area contributed by atoms with Crippen LogP contribution < -0.4 is 19.5 Å². The molecule has 6 heteroatoms. The van der Waals surface area contributed by atoms with Gasteiger partial charge in [0.2, 0.25) is 6.79 Å². The Balaban J connectivity index is 1.83. The van der Waals surface area contributed by atoms with Gasteiger partial charge in [0.1, 0.15) is 0 Å². The molecule has 0 aliphatic carbocycles. The molecular weight excluding hydrogens is 260 g/mol. The normalized spacial score (nSPS) is 12.1. The number of benzene rings is 1. The lowest BCUT2D eigenvalue weighted by molar-refractivity contribution is 0.102. The third kappa shape index (κ3) is 2.23. The van der Waals surface area contributed by atoms with Crippen LogP contribution in [0.15, 0.2) is 36.5 Å². The number of carbonyl (C=O) groups is 1. The van der Waals surface area contributed by atoms with E-state index in [0.717, 1.165) is 0 Å². The van der Waals surface area contributed by atoms with Crippen molar-refractivity contribution in [2.75, 3.05) is 19.2 Å². The number of anilines is 1. The van der Waals surface area contributed by atoms with E-state index in [1.807, 2.05) is 0 Å². The van der Waals surface area contributed by atoms with Crippen molar-refractivity contribution < 1.29 is 19.0 Å². The van der Waals surface area contributed by atoms with Crippen molar-refractivity contribution in [3.05, 3.63) is 42.1 Å². The number of fused-ring (bicyclic) bond motifs is 1. The Morgan fingerprint density at radius 3 is 3.00 bits per heavy atom.